The molecule has 0 aromatic carbocycles. The van der Waals surface area contributed by atoms with E-state index in [2.05, 4.69) is 4.18 Å². The molecule has 0 aromatic heterocycles. The molecule has 84 valence electrons. The van der Waals surface area contributed by atoms with Gasteiger partial charge in [-0.25, -0.2) is 8.98 Å². The second-order valence-corrected chi connectivity index (χ2v) is 3.67. The Morgan fingerprint density at radius 1 is 1.53 bits per heavy atom. The quantitative estimate of drug-likeness (QED) is 0.411. The van der Waals surface area contributed by atoms with Crippen molar-refractivity contribution in [1.82, 2.24) is 0 Å². The first kappa shape index (κ1) is 18.1. The summed E-state index contributed by atoms with van der Waals surface area (Å²) in [5, 5.41) is 8.49. The number of hydrogen-bond acceptors (Lipinski definition) is 4. The summed E-state index contributed by atoms with van der Waals surface area (Å²) in [6.45, 7) is 2.90. The van der Waals surface area contributed by atoms with E-state index in [0.29, 0.717) is 0 Å². The Hall–Kier alpha value is 0.716. The Balaban J connectivity index is 0. The molecule has 1 unspecified atom stereocenters. The van der Waals surface area contributed by atoms with Crippen LogP contribution in [0.15, 0.2) is 11.6 Å². The molecule has 0 heterocycles. The van der Waals surface area contributed by atoms with E-state index >= 15 is 0 Å². The van der Waals surface area contributed by atoms with Crippen LogP contribution in [-0.2, 0) is 19.4 Å². The number of rotatable bonds is 5. The van der Waals surface area contributed by atoms with Gasteiger partial charge >= 0.3 is 67.8 Å². The molecular weight excluding hydrogens is 251 g/mol. The second kappa shape index (κ2) is 7.90. The predicted molar refractivity (Wildman–Crippen MR) is 55.3 cm³/mol. The van der Waals surface area contributed by atoms with Crippen LogP contribution < -0.4 is 0 Å². The van der Waals surface area contributed by atoms with E-state index in [0.717, 1.165) is 6.08 Å². The molecule has 0 bridgehead atoms. The third-order valence-electron chi connectivity index (χ3n) is 1.42. The number of carboxylic acid groups (broad SMARTS) is 1. The fourth-order valence-corrected chi connectivity index (χ4v) is 1.22. The van der Waals surface area contributed by atoms with Crippen molar-refractivity contribution >= 4 is 67.8 Å². The summed E-state index contributed by atoms with van der Waals surface area (Å²) in [4.78, 5) is 10.4. The van der Waals surface area contributed by atoms with Gasteiger partial charge in [0.2, 0.25) is 0 Å². The number of carboxylic acids is 1. The Morgan fingerprint density at radius 2 is 2.00 bits per heavy atom. The molecule has 0 saturated heterocycles. The summed E-state index contributed by atoms with van der Waals surface area (Å²) in [7, 11) is -4.54. The topological polar surface area (TPSA) is 101 Å². The average molecular weight is 264 g/mol. The molecule has 0 aliphatic carbocycles. The van der Waals surface area contributed by atoms with Crippen molar-refractivity contribution in [2.75, 3.05) is 0 Å². The van der Waals surface area contributed by atoms with E-state index in [9.17, 15) is 13.2 Å². The van der Waals surface area contributed by atoms with Crippen LogP contribution in [0.3, 0.4) is 0 Å². The van der Waals surface area contributed by atoms with E-state index < -0.39 is 22.5 Å². The minimum absolute atomic E-state index is 0. The zero-order valence-corrected chi connectivity index (χ0v) is 8.61. The van der Waals surface area contributed by atoms with Crippen molar-refractivity contribution in [3.63, 3.8) is 0 Å². The van der Waals surface area contributed by atoms with E-state index in [-0.39, 0.29) is 63.4 Å². The number of hydrogen-bond donors (Lipinski definition) is 2. The van der Waals surface area contributed by atoms with Crippen molar-refractivity contribution in [3.05, 3.63) is 11.6 Å². The fraction of sp³-hybridized carbons (Fsp3) is 0.571. The Morgan fingerprint density at radius 3 is 2.27 bits per heavy atom. The summed E-state index contributed by atoms with van der Waals surface area (Å²) in [5.41, 5.74) is -0.0412. The molecule has 15 heavy (non-hydrogen) atoms. The van der Waals surface area contributed by atoms with Crippen LogP contribution in [0.4, 0.5) is 0 Å². The zero-order chi connectivity index (χ0) is 11.4. The summed E-state index contributed by atoms with van der Waals surface area (Å²) in [6, 6.07) is 0. The van der Waals surface area contributed by atoms with Gasteiger partial charge in [-0.2, -0.15) is 8.42 Å². The average Bonchev–Trinajstić information content (AvgIpc) is 2.00. The van der Waals surface area contributed by atoms with Gasteiger partial charge in [-0.15, -0.1) is 0 Å². The first-order valence-corrected chi connectivity index (χ1v) is 5.20. The van der Waals surface area contributed by atoms with Crippen LogP contribution in [0.2, 0.25) is 0 Å². The van der Waals surface area contributed by atoms with Crippen LogP contribution in [0.5, 0.6) is 0 Å². The molecule has 0 amide bonds. The van der Waals surface area contributed by atoms with Gasteiger partial charge in [0.1, 0.15) is 0 Å². The van der Waals surface area contributed by atoms with Crippen LogP contribution in [-0.4, -0.2) is 81.5 Å². The van der Waals surface area contributed by atoms with Crippen molar-refractivity contribution in [1.29, 1.82) is 0 Å². The molecule has 1 atom stereocenters. The molecule has 2 N–H and O–H groups in total. The summed E-state index contributed by atoms with van der Waals surface area (Å²) in [6.07, 6.45) is 0.404. The van der Waals surface area contributed by atoms with E-state index in [1.807, 2.05) is 0 Å². The molecule has 0 aliphatic heterocycles. The van der Waals surface area contributed by atoms with Gasteiger partial charge in [0, 0.05) is 5.57 Å². The maximum absolute atomic E-state index is 10.4. The van der Waals surface area contributed by atoms with Crippen molar-refractivity contribution in [2.45, 2.75) is 26.4 Å². The van der Waals surface area contributed by atoms with E-state index in [1.54, 1.807) is 6.92 Å². The van der Waals surface area contributed by atoms with Gasteiger partial charge in [0.05, 0.1) is 6.10 Å². The third-order valence-corrected chi connectivity index (χ3v) is 1.91. The Labute approximate surface area is 131 Å². The molecule has 0 rings (SSSR count). The van der Waals surface area contributed by atoms with Gasteiger partial charge in [-0.1, -0.05) is 6.92 Å². The van der Waals surface area contributed by atoms with Gasteiger partial charge in [-0.3, -0.25) is 4.55 Å². The molecular formula is C7H13KO6S. The molecule has 0 fully saturated rings. The van der Waals surface area contributed by atoms with Crippen LogP contribution >= 0.6 is 0 Å². The molecule has 0 spiro atoms. The molecule has 0 radical (unpaired) electrons. The molecule has 6 nitrogen and oxygen atoms in total. The summed E-state index contributed by atoms with van der Waals surface area (Å²) >= 11 is 0. The van der Waals surface area contributed by atoms with E-state index in [1.165, 1.54) is 6.92 Å². The minimum atomic E-state index is -4.54. The first-order chi connectivity index (χ1) is 6.26. The molecule has 8 heteroatoms. The van der Waals surface area contributed by atoms with Crippen LogP contribution in [0, 0.1) is 0 Å². The Kier molecular flexibility index (Phi) is 9.53. The normalized spacial score (nSPS) is 14.2. The van der Waals surface area contributed by atoms with Crippen LogP contribution in [0.1, 0.15) is 20.3 Å². The summed E-state index contributed by atoms with van der Waals surface area (Å²) < 4.78 is 33.2. The first-order valence-electron chi connectivity index (χ1n) is 3.83. The second-order valence-electron chi connectivity index (χ2n) is 2.63. The summed E-state index contributed by atoms with van der Waals surface area (Å²) in [5.74, 6) is -1.16. The maximum atomic E-state index is 10.4. The van der Waals surface area contributed by atoms with Crippen molar-refractivity contribution in [2.24, 2.45) is 0 Å². The predicted octanol–water partition coefficient (Wildman–Crippen LogP) is -0.0332. The zero-order valence-electron chi connectivity index (χ0n) is 7.80. The monoisotopic (exact) mass is 264 g/mol. The third kappa shape index (κ3) is 9.63. The molecule has 0 aromatic rings. The van der Waals surface area contributed by atoms with Crippen molar-refractivity contribution in [3.8, 4) is 0 Å². The number of aliphatic carboxylic acids is 1. The molecule has 0 saturated carbocycles. The number of carbonyl (C=O) groups is 1. The molecule has 0 aliphatic rings. The van der Waals surface area contributed by atoms with Gasteiger partial charge in [0.25, 0.3) is 0 Å². The van der Waals surface area contributed by atoms with Gasteiger partial charge in [-0.05, 0) is 19.4 Å². The van der Waals surface area contributed by atoms with E-state index in [4.69, 9.17) is 9.66 Å². The van der Waals surface area contributed by atoms with Crippen LogP contribution in [0.25, 0.3) is 0 Å². The Bertz CT molecular complexity index is 333. The SMILES string of the molecule is CCC(C=C(C)C(=O)O)OS(=O)(=O)O.[KH]. The van der Waals surface area contributed by atoms with Gasteiger partial charge in [0.15, 0.2) is 0 Å². The standard InChI is InChI=1S/C7H12O6S.K.H/c1-3-6(13-14(10,11)12)4-5(2)7(8)9;;/h4,6H,3H2,1-2H3,(H,8,9)(H,10,11,12);;. The van der Waals surface area contributed by atoms with Crippen molar-refractivity contribution < 1.29 is 27.1 Å². The van der Waals surface area contributed by atoms with Gasteiger partial charge < -0.3 is 5.11 Å². The fourth-order valence-electron chi connectivity index (χ4n) is 0.720.